The van der Waals surface area contributed by atoms with Crippen molar-refractivity contribution in [1.29, 1.82) is 0 Å². The fourth-order valence-corrected chi connectivity index (χ4v) is 2.04. The zero-order valence-corrected chi connectivity index (χ0v) is 8.92. The van der Waals surface area contributed by atoms with Gasteiger partial charge in [0.1, 0.15) is 18.1 Å². The quantitative estimate of drug-likeness (QED) is 0.685. The van der Waals surface area contributed by atoms with E-state index in [9.17, 15) is 0 Å². The third-order valence-electron chi connectivity index (χ3n) is 2.72. The first-order valence-electron chi connectivity index (χ1n) is 4.95. The third kappa shape index (κ3) is 1.46. The summed E-state index contributed by atoms with van der Waals surface area (Å²) in [5.41, 5.74) is 1.04. The number of benzene rings is 1. The summed E-state index contributed by atoms with van der Waals surface area (Å²) in [7, 11) is 0. The maximum atomic E-state index is 6.35. The van der Waals surface area contributed by atoms with E-state index in [0.29, 0.717) is 26.4 Å². The zero-order valence-electron chi connectivity index (χ0n) is 8.16. The minimum atomic E-state index is -0.365. The molecule has 1 aromatic carbocycles. The van der Waals surface area contributed by atoms with E-state index >= 15 is 0 Å². The Morgan fingerprint density at radius 2 is 1.80 bits per heavy atom. The van der Waals surface area contributed by atoms with Crippen LogP contribution in [0.2, 0.25) is 0 Å². The van der Waals surface area contributed by atoms with Crippen LogP contribution in [-0.2, 0) is 9.61 Å². The Hall–Kier alpha value is -0.930. The Labute approximate surface area is 92.9 Å². The molecule has 2 heterocycles. The van der Waals surface area contributed by atoms with E-state index in [0.717, 1.165) is 17.1 Å². The van der Waals surface area contributed by atoms with Crippen LogP contribution in [-0.4, -0.2) is 26.4 Å². The van der Waals surface area contributed by atoms with Crippen molar-refractivity contribution < 1.29 is 14.2 Å². The molecule has 0 bridgehead atoms. The normalized spacial score (nSPS) is 21.9. The van der Waals surface area contributed by atoms with Gasteiger partial charge in [-0.1, -0.05) is 6.07 Å². The minimum Gasteiger partial charge on any atom is -0.486 e. The first-order valence-corrected chi connectivity index (χ1v) is 5.33. The Balaban J connectivity index is 1.97. The summed E-state index contributed by atoms with van der Waals surface area (Å²) >= 11 is 6.35. The largest absolute Gasteiger partial charge is 0.486 e. The van der Waals surface area contributed by atoms with Gasteiger partial charge in [-0.25, -0.2) is 0 Å². The van der Waals surface area contributed by atoms with Gasteiger partial charge < -0.3 is 14.2 Å². The summed E-state index contributed by atoms with van der Waals surface area (Å²) in [5.74, 6) is 1.58. The molecule has 0 radical (unpaired) electrons. The monoisotopic (exact) mass is 226 g/mol. The Bertz CT molecular complexity index is 387. The van der Waals surface area contributed by atoms with Gasteiger partial charge in [-0.05, 0) is 17.7 Å². The van der Waals surface area contributed by atoms with Gasteiger partial charge >= 0.3 is 0 Å². The van der Waals surface area contributed by atoms with E-state index in [1.807, 2.05) is 18.2 Å². The summed E-state index contributed by atoms with van der Waals surface area (Å²) < 4.78 is 16.1. The van der Waals surface area contributed by atoms with Crippen LogP contribution in [0.25, 0.3) is 0 Å². The molecule has 0 atom stereocenters. The lowest BCUT2D eigenvalue weighted by atomic mass is 9.96. The van der Waals surface area contributed by atoms with Gasteiger partial charge in [0.25, 0.3) is 0 Å². The van der Waals surface area contributed by atoms with Crippen molar-refractivity contribution in [3.63, 3.8) is 0 Å². The molecule has 1 fully saturated rings. The van der Waals surface area contributed by atoms with E-state index < -0.39 is 0 Å². The highest BCUT2D eigenvalue weighted by atomic mass is 35.5. The van der Waals surface area contributed by atoms with Gasteiger partial charge in [-0.3, -0.25) is 0 Å². The number of rotatable bonds is 1. The highest BCUT2D eigenvalue weighted by molar-refractivity contribution is 6.24. The molecule has 0 amide bonds. The Morgan fingerprint density at radius 3 is 2.47 bits per heavy atom. The molecule has 0 spiro atoms. The second kappa shape index (κ2) is 3.29. The first kappa shape index (κ1) is 9.31. The molecule has 2 aliphatic heterocycles. The maximum absolute atomic E-state index is 6.35. The van der Waals surface area contributed by atoms with Gasteiger partial charge in [0, 0.05) is 0 Å². The summed E-state index contributed by atoms with van der Waals surface area (Å²) in [4.78, 5) is -0.365. The van der Waals surface area contributed by atoms with Gasteiger partial charge in [-0.2, -0.15) is 0 Å². The second-order valence-electron chi connectivity index (χ2n) is 3.82. The fraction of sp³-hybridized carbons (Fsp3) is 0.455. The van der Waals surface area contributed by atoms with Crippen molar-refractivity contribution in [2.45, 2.75) is 4.87 Å². The molecule has 1 saturated heterocycles. The number of halogens is 1. The second-order valence-corrected chi connectivity index (χ2v) is 4.54. The number of fused-ring (bicyclic) bond motifs is 1. The Morgan fingerprint density at radius 1 is 1.07 bits per heavy atom. The number of ether oxygens (including phenoxy) is 3. The summed E-state index contributed by atoms with van der Waals surface area (Å²) in [6, 6.07) is 5.83. The predicted octanol–water partition coefficient (Wildman–Crippen LogP) is 1.92. The van der Waals surface area contributed by atoms with Crippen LogP contribution in [0.1, 0.15) is 5.56 Å². The van der Waals surface area contributed by atoms with Crippen LogP contribution in [0, 0.1) is 0 Å². The van der Waals surface area contributed by atoms with Crippen molar-refractivity contribution in [1.82, 2.24) is 0 Å². The van der Waals surface area contributed by atoms with Crippen LogP contribution in [0.3, 0.4) is 0 Å². The molecule has 1 aromatic rings. The topological polar surface area (TPSA) is 27.7 Å². The Kier molecular flexibility index (Phi) is 2.04. The number of hydrogen-bond donors (Lipinski definition) is 0. The fourth-order valence-electron chi connectivity index (χ4n) is 1.77. The van der Waals surface area contributed by atoms with Crippen molar-refractivity contribution in [2.75, 3.05) is 26.4 Å². The average molecular weight is 227 g/mol. The zero-order chi connectivity index (χ0) is 10.3. The SMILES string of the molecule is ClC1(c2ccc3c(c2)OCCO3)COC1. The molecule has 0 N–H and O–H groups in total. The van der Waals surface area contributed by atoms with Gasteiger partial charge in [-0.15, -0.1) is 11.6 Å². The van der Waals surface area contributed by atoms with Crippen LogP contribution in [0.5, 0.6) is 11.5 Å². The van der Waals surface area contributed by atoms with Crippen LogP contribution >= 0.6 is 11.6 Å². The molecule has 0 aromatic heterocycles. The molecule has 0 saturated carbocycles. The van der Waals surface area contributed by atoms with E-state index in [1.54, 1.807) is 0 Å². The van der Waals surface area contributed by atoms with Crippen molar-refractivity contribution in [2.24, 2.45) is 0 Å². The molecule has 3 nitrogen and oxygen atoms in total. The number of hydrogen-bond acceptors (Lipinski definition) is 3. The van der Waals surface area contributed by atoms with E-state index in [4.69, 9.17) is 25.8 Å². The van der Waals surface area contributed by atoms with Crippen LogP contribution in [0.15, 0.2) is 18.2 Å². The standard InChI is InChI=1S/C11H11ClO3/c12-11(6-13-7-11)8-1-2-9-10(5-8)15-4-3-14-9/h1-2,5H,3-4,6-7H2. The lowest BCUT2D eigenvalue weighted by Gasteiger charge is -2.36. The van der Waals surface area contributed by atoms with Crippen molar-refractivity contribution in [3.8, 4) is 11.5 Å². The highest BCUT2D eigenvalue weighted by Crippen LogP contribution is 2.41. The molecule has 15 heavy (non-hydrogen) atoms. The third-order valence-corrected chi connectivity index (χ3v) is 3.16. The molecular weight excluding hydrogens is 216 g/mol. The van der Waals surface area contributed by atoms with Crippen LogP contribution < -0.4 is 9.47 Å². The first-order chi connectivity index (χ1) is 7.28. The van der Waals surface area contributed by atoms with Gasteiger partial charge in [0.15, 0.2) is 11.5 Å². The lowest BCUT2D eigenvalue weighted by molar-refractivity contribution is -0.0153. The van der Waals surface area contributed by atoms with E-state index in [1.165, 1.54) is 0 Å². The summed E-state index contributed by atoms with van der Waals surface area (Å²) in [6.07, 6.45) is 0. The predicted molar refractivity (Wildman–Crippen MR) is 55.8 cm³/mol. The van der Waals surface area contributed by atoms with Gasteiger partial charge in [0.05, 0.1) is 13.2 Å². The smallest absolute Gasteiger partial charge is 0.161 e. The maximum Gasteiger partial charge on any atom is 0.161 e. The molecule has 0 aliphatic carbocycles. The van der Waals surface area contributed by atoms with E-state index in [-0.39, 0.29) is 4.87 Å². The molecule has 3 rings (SSSR count). The van der Waals surface area contributed by atoms with Crippen LogP contribution in [0.4, 0.5) is 0 Å². The lowest BCUT2D eigenvalue weighted by Crippen LogP contribution is -2.41. The molecule has 4 heteroatoms. The molecule has 80 valence electrons. The summed E-state index contributed by atoms with van der Waals surface area (Å²) in [5, 5.41) is 0. The molecule has 0 unspecified atom stereocenters. The summed E-state index contributed by atoms with van der Waals surface area (Å²) in [6.45, 7) is 2.34. The number of alkyl halides is 1. The van der Waals surface area contributed by atoms with E-state index in [2.05, 4.69) is 0 Å². The molecular formula is C11H11ClO3. The minimum absolute atomic E-state index is 0.365. The molecule has 2 aliphatic rings. The van der Waals surface area contributed by atoms with Gasteiger partial charge in [0.2, 0.25) is 0 Å². The van der Waals surface area contributed by atoms with Crippen molar-refractivity contribution in [3.05, 3.63) is 23.8 Å². The van der Waals surface area contributed by atoms with Crippen molar-refractivity contribution >= 4 is 11.6 Å². The average Bonchev–Trinajstić information content (AvgIpc) is 2.25. The highest BCUT2D eigenvalue weighted by Gasteiger charge is 2.38.